The average molecular weight is 470 g/mol. The lowest BCUT2D eigenvalue weighted by Gasteiger charge is -2.33. The Balaban J connectivity index is 1.78. The Bertz CT molecular complexity index is 1120. The van der Waals surface area contributed by atoms with Gasteiger partial charge in [0.2, 0.25) is 0 Å². The fourth-order valence-electron chi connectivity index (χ4n) is 3.72. The highest BCUT2D eigenvalue weighted by Gasteiger charge is 2.35. The van der Waals surface area contributed by atoms with Crippen molar-refractivity contribution in [2.75, 3.05) is 18.2 Å². The van der Waals surface area contributed by atoms with E-state index < -0.39 is 11.7 Å². The Morgan fingerprint density at radius 2 is 1.76 bits per heavy atom. The highest BCUT2D eigenvalue weighted by molar-refractivity contribution is 5.82. The molecule has 4 rings (SSSR count). The lowest BCUT2D eigenvalue weighted by Crippen LogP contribution is -2.53. The zero-order valence-corrected chi connectivity index (χ0v) is 18.9. The van der Waals surface area contributed by atoms with E-state index in [1.807, 2.05) is 44.2 Å². The van der Waals surface area contributed by atoms with Crippen LogP contribution >= 0.6 is 0 Å². The number of alkyl halides is 3. The van der Waals surface area contributed by atoms with Gasteiger partial charge in [0.15, 0.2) is 0 Å². The van der Waals surface area contributed by atoms with Crippen molar-refractivity contribution in [1.29, 1.82) is 0 Å². The van der Waals surface area contributed by atoms with Gasteiger partial charge in [-0.3, -0.25) is 10.4 Å². The molecule has 2 heterocycles. The summed E-state index contributed by atoms with van der Waals surface area (Å²) in [5.74, 6) is 0. The Kier molecular flexibility index (Phi) is 7.16. The fraction of sp³-hybridized carbons (Fsp3) is 0.240. The molecule has 1 aromatic heterocycles. The molecule has 34 heavy (non-hydrogen) atoms. The molecule has 2 N–H and O–H groups in total. The molecule has 9 heteroatoms. The van der Waals surface area contributed by atoms with Crippen molar-refractivity contribution in [3.8, 4) is 0 Å². The molecule has 0 unspecified atom stereocenters. The largest absolute Gasteiger partial charge is 0.416 e. The lowest BCUT2D eigenvalue weighted by molar-refractivity contribution is -0.137. The van der Waals surface area contributed by atoms with Crippen molar-refractivity contribution in [3.05, 3.63) is 102 Å². The molecule has 0 bridgehead atoms. The molecule has 178 valence electrons. The van der Waals surface area contributed by atoms with Crippen molar-refractivity contribution < 1.29 is 17.9 Å². The molecule has 0 saturated carbocycles. The number of hydrogen-bond donors (Lipinski definition) is 2. The number of aromatic nitrogens is 1. The van der Waals surface area contributed by atoms with Crippen LogP contribution in [0.3, 0.4) is 0 Å². The lowest BCUT2D eigenvalue weighted by atomic mass is 10.1. The maximum Gasteiger partial charge on any atom is 0.416 e. The van der Waals surface area contributed by atoms with E-state index in [2.05, 4.69) is 15.8 Å². The van der Waals surface area contributed by atoms with Gasteiger partial charge in [0, 0.05) is 30.6 Å². The SMILES string of the molecule is CCOCC1=C(c2cccc(C(F)(F)F)c2)N(c2ccncc2)N(N[C@@H](C)c2ccccc2)N1. The second-order valence-electron chi connectivity index (χ2n) is 7.75. The first-order chi connectivity index (χ1) is 16.4. The third-order valence-corrected chi connectivity index (χ3v) is 5.38. The van der Waals surface area contributed by atoms with Crippen LogP contribution in [0.25, 0.3) is 5.70 Å². The standard InChI is InChI=1S/C25H26F3N5O/c1-3-34-17-23-24(20-10-7-11-21(16-20)25(26,27)28)32(22-12-14-29-15-13-22)33(31-23)30-18(2)19-8-5-4-6-9-19/h4-16,18,30-31H,3,17H2,1-2H3/t18-/m0/s1. The van der Waals surface area contributed by atoms with Crippen LogP contribution in [0.2, 0.25) is 0 Å². The zero-order chi connectivity index (χ0) is 24.1. The van der Waals surface area contributed by atoms with Crippen molar-refractivity contribution in [1.82, 2.24) is 21.1 Å². The molecule has 2 aromatic carbocycles. The molecule has 0 spiro atoms. The van der Waals surface area contributed by atoms with Gasteiger partial charge in [0.05, 0.1) is 29.3 Å². The number of hydrazine groups is 3. The Morgan fingerprint density at radius 1 is 1.03 bits per heavy atom. The summed E-state index contributed by atoms with van der Waals surface area (Å²) in [6.07, 6.45) is -1.18. The molecular formula is C25H26F3N5O. The summed E-state index contributed by atoms with van der Waals surface area (Å²) in [6.45, 7) is 4.53. The molecule has 0 amide bonds. The molecule has 0 aliphatic carbocycles. The van der Waals surface area contributed by atoms with Crippen LogP contribution in [0, 0.1) is 0 Å². The van der Waals surface area contributed by atoms with Gasteiger partial charge in [-0.25, -0.2) is 10.4 Å². The molecule has 1 atom stereocenters. The van der Waals surface area contributed by atoms with Gasteiger partial charge in [-0.2, -0.15) is 13.2 Å². The van der Waals surface area contributed by atoms with Gasteiger partial charge < -0.3 is 4.74 Å². The number of benzene rings is 2. The number of pyridine rings is 1. The summed E-state index contributed by atoms with van der Waals surface area (Å²) in [7, 11) is 0. The molecule has 3 aromatic rings. The molecular weight excluding hydrogens is 443 g/mol. The van der Waals surface area contributed by atoms with Gasteiger partial charge in [-0.1, -0.05) is 47.7 Å². The van der Waals surface area contributed by atoms with Crippen LogP contribution in [0.4, 0.5) is 18.9 Å². The molecule has 1 aliphatic heterocycles. The average Bonchev–Trinajstić information content (AvgIpc) is 3.21. The minimum Gasteiger partial charge on any atom is -0.375 e. The van der Waals surface area contributed by atoms with E-state index in [1.165, 1.54) is 6.07 Å². The molecule has 6 nitrogen and oxygen atoms in total. The fourth-order valence-corrected chi connectivity index (χ4v) is 3.72. The predicted molar refractivity (Wildman–Crippen MR) is 125 cm³/mol. The summed E-state index contributed by atoms with van der Waals surface area (Å²) in [5, 5.41) is 3.47. The number of ether oxygens (including phenoxy) is 1. The van der Waals surface area contributed by atoms with Gasteiger partial charge in [-0.15, -0.1) is 0 Å². The first kappa shape index (κ1) is 23.7. The zero-order valence-electron chi connectivity index (χ0n) is 18.9. The van der Waals surface area contributed by atoms with Gasteiger partial charge in [0.1, 0.15) is 0 Å². The molecule has 0 fully saturated rings. The second-order valence-corrected chi connectivity index (χ2v) is 7.75. The summed E-state index contributed by atoms with van der Waals surface area (Å²) in [6, 6.07) is 18.7. The van der Waals surface area contributed by atoms with E-state index in [9.17, 15) is 13.2 Å². The number of anilines is 1. The quantitative estimate of drug-likeness (QED) is 0.466. The van der Waals surface area contributed by atoms with Crippen LogP contribution in [0.5, 0.6) is 0 Å². The topological polar surface area (TPSA) is 52.7 Å². The maximum absolute atomic E-state index is 13.5. The molecule has 0 saturated heterocycles. The Morgan fingerprint density at radius 3 is 2.44 bits per heavy atom. The summed E-state index contributed by atoms with van der Waals surface area (Å²) >= 11 is 0. The van der Waals surface area contributed by atoms with Gasteiger partial charge >= 0.3 is 6.18 Å². The van der Waals surface area contributed by atoms with E-state index in [4.69, 9.17) is 4.74 Å². The highest BCUT2D eigenvalue weighted by atomic mass is 19.4. The molecule has 0 radical (unpaired) electrons. The minimum atomic E-state index is -4.45. The number of nitrogens with zero attached hydrogens (tertiary/aromatic N) is 3. The van der Waals surface area contributed by atoms with E-state index in [0.717, 1.165) is 17.7 Å². The number of nitrogens with one attached hydrogen (secondary N) is 2. The van der Waals surface area contributed by atoms with E-state index in [-0.39, 0.29) is 12.6 Å². The van der Waals surface area contributed by atoms with Crippen molar-refractivity contribution in [2.45, 2.75) is 26.1 Å². The monoisotopic (exact) mass is 469 g/mol. The third-order valence-electron chi connectivity index (χ3n) is 5.38. The molecule has 1 aliphatic rings. The first-order valence-corrected chi connectivity index (χ1v) is 10.9. The highest BCUT2D eigenvalue weighted by Crippen LogP contribution is 2.36. The maximum atomic E-state index is 13.5. The van der Waals surface area contributed by atoms with Gasteiger partial charge in [-0.05, 0) is 43.7 Å². The summed E-state index contributed by atoms with van der Waals surface area (Å²) in [4.78, 5) is 4.09. The van der Waals surface area contributed by atoms with Crippen molar-refractivity contribution in [3.63, 3.8) is 0 Å². The first-order valence-electron chi connectivity index (χ1n) is 10.9. The number of rotatable bonds is 8. The van der Waals surface area contributed by atoms with Crippen molar-refractivity contribution >= 4 is 11.4 Å². The van der Waals surface area contributed by atoms with Crippen LogP contribution in [0.1, 0.15) is 36.6 Å². The van der Waals surface area contributed by atoms with Crippen LogP contribution < -0.4 is 15.9 Å². The van der Waals surface area contributed by atoms with E-state index in [0.29, 0.717) is 29.3 Å². The smallest absolute Gasteiger partial charge is 0.375 e. The van der Waals surface area contributed by atoms with Crippen LogP contribution in [-0.4, -0.2) is 23.4 Å². The Labute approximate surface area is 196 Å². The predicted octanol–water partition coefficient (Wildman–Crippen LogP) is 5.31. The second kappa shape index (κ2) is 10.3. The number of hydrogen-bond acceptors (Lipinski definition) is 6. The summed E-state index contributed by atoms with van der Waals surface area (Å²) in [5.41, 5.74) is 9.33. The third kappa shape index (κ3) is 5.22. The summed E-state index contributed by atoms with van der Waals surface area (Å²) < 4.78 is 46.2. The van der Waals surface area contributed by atoms with Crippen LogP contribution in [-0.2, 0) is 10.9 Å². The van der Waals surface area contributed by atoms with E-state index in [1.54, 1.807) is 40.8 Å². The van der Waals surface area contributed by atoms with Gasteiger partial charge in [0.25, 0.3) is 0 Å². The number of halogens is 3. The minimum absolute atomic E-state index is 0.104. The van der Waals surface area contributed by atoms with E-state index >= 15 is 0 Å². The Hall–Kier alpha value is -3.40. The normalized spacial score (nSPS) is 15.5. The van der Waals surface area contributed by atoms with Crippen LogP contribution in [0.15, 0.2) is 84.8 Å². The van der Waals surface area contributed by atoms with Crippen molar-refractivity contribution in [2.24, 2.45) is 0 Å².